The van der Waals surface area contributed by atoms with Gasteiger partial charge in [-0.25, -0.2) is 26.0 Å². The van der Waals surface area contributed by atoms with E-state index in [9.17, 15) is 26.4 Å². The Morgan fingerprint density at radius 2 is 1.68 bits per heavy atom. The van der Waals surface area contributed by atoms with Crippen LogP contribution in [0.25, 0.3) is 0 Å². The Hall–Kier alpha value is -3.88. The number of pyridine rings is 1. The number of aromatic nitrogens is 1. The summed E-state index contributed by atoms with van der Waals surface area (Å²) in [7, 11) is -4.02. The first-order valence-electron chi connectivity index (χ1n) is 14.8. The average molecular weight is 690 g/mol. The summed E-state index contributed by atoms with van der Waals surface area (Å²) in [6.45, 7) is 2.44. The van der Waals surface area contributed by atoms with Gasteiger partial charge in [-0.3, -0.25) is 9.78 Å². The first-order valence-corrected chi connectivity index (χ1v) is 16.6. The molecule has 1 amide bonds. The monoisotopic (exact) mass is 689 g/mol. The van der Waals surface area contributed by atoms with E-state index in [0.29, 0.717) is 18.2 Å². The Labute approximate surface area is 275 Å². The minimum absolute atomic E-state index is 0.00329. The Morgan fingerprint density at radius 1 is 1.00 bits per heavy atom. The summed E-state index contributed by atoms with van der Waals surface area (Å²) in [6.07, 6.45) is 2.38. The van der Waals surface area contributed by atoms with E-state index in [1.165, 1.54) is 34.8 Å². The molecule has 4 aromatic rings. The number of hydrogen-bond acceptors (Lipinski definition) is 6. The summed E-state index contributed by atoms with van der Waals surface area (Å²) in [6, 6.07) is 11.3. The van der Waals surface area contributed by atoms with Crippen LogP contribution in [0.4, 0.5) is 23.2 Å². The molecule has 0 radical (unpaired) electrons. The molecule has 14 heteroatoms. The van der Waals surface area contributed by atoms with Gasteiger partial charge in [0, 0.05) is 42.7 Å². The van der Waals surface area contributed by atoms with Gasteiger partial charge in [-0.05, 0) is 67.3 Å². The third-order valence-electron chi connectivity index (χ3n) is 8.13. The fourth-order valence-electron chi connectivity index (χ4n) is 5.96. The van der Waals surface area contributed by atoms with Gasteiger partial charge in [-0.15, -0.1) is 0 Å². The minimum atomic E-state index is -4.02. The second-order valence-electron chi connectivity index (χ2n) is 11.4. The molecule has 47 heavy (non-hydrogen) atoms. The van der Waals surface area contributed by atoms with Crippen molar-refractivity contribution >= 4 is 33.2 Å². The van der Waals surface area contributed by atoms with E-state index in [1.54, 1.807) is 19.1 Å². The lowest BCUT2D eigenvalue weighted by molar-refractivity contribution is -0.117. The maximum Gasteiger partial charge on any atom is 0.245 e. The van der Waals surface area contributed by atoms with Crippen LogP contribution in [0, 0.1) is 23.3 Å². The molecular formula is C33H32ClF4N5O3S. The molecular weight excluding hydrogens is 658 g/mol. The number of hydrogen-bond donors (Lipinski definition) is 3. The van der Waals surface area contributed by atoms with Crippen molar-refractivity contribution in [3.8, 4) is 0 Å². The lowest BCUT2D eigenvalue weighted by Crippen LogP contribution is -2.58. The number of carbonyl (C=O) groups excluding carboxylic acids is 1. The highest BCUT2D eigenvalue weighted by Crippen LogP contribution is 2.32. The van der Waals surface area contributed by atoms with Crippen molar-refractivity contribution in [2.75, 3.05) is 18.4 Å². The minimum Gasteiger partial charge on any atom is -0.323 e. The first-order chi connectivity index (χ1) is 22.4. The molecule has 0 spiro atoms. The Balaban J connectivity index is 1.40. The van der Waals surface area contributed by atoms with Crippen LogP contribution in [0.15, 0.2) is 84.0 Å². The fourth-order valence-corrected chi connectivity index (χ4v) is 8.30. The van der Waals surface area contributed by atoms with Crippen LogP contribution in [-0.2, 0) is 21.2 Å². The molecule has 5 rings (SSSR count). The number of nitrogens with two attached hydrogens (primary N) is 1. The van der Waals surface area contributed by atoms with Crippen molar-refractivity contribution in [3.63, 3.8) is 0 Å². The molecule has 4 N–H and O–H groups in total. The van der Waals surface area contributed by atoms with Gasteiger partial charge in [0.2, 0.25) is 15.9 Å². The van der Waals surface area contributed by atoms with E-state index in [4.69, 9.17) is 17.3 Å². The molecule has 248 valence electrons. The predicted octanol–water partition coefficient (Wildman–Crippen LogP) is 5.37. The molecule has 1 aliphatic rings. The van der Waals surface area contributed by atoms with Crippen LogP contribution in [0.1, 0.15) is 36.0 Å². The van der Waals surface area contributed by atoms with Crippen molar-refractivity contribution in [1.82, 2.24) is 14.6 Å². The maximum absolute atomic E-state index is 15.3. The van der Waals surface area contributed by atoms with Gasteiger partial charge in [0.05, 0.1) is 29.1 Å². The third-order valence-corrected chi connectivity index (χ3v) is 10.7. The summed E-state index contributed by atoms with van der Waals surface area (Å²) >= 11 is 6.25. The smallest absolute Gasteiger partial charge is 0.245 e. The van der Waals surface area contributed by atoms with Gasteiger partial charge in [-0.2, -0.15) is 4.31 Å². The molecule has 4 unspecified atom stereocenters. The fraction of sp³-hybridized carbons (Fsp3) is 0.273. The second-order valence-corrected chi connectivity index (χ2v) is 13.6. The number of benzene rings is 3. The van der Waals surface area contributed by atoms with Crippen LogP contribution in [-0.4, -0.2) is 54.8 Å². The predicted molar refractivity (Wildman–Crippen MR) is 170 cm³/mol. The van der Waals surface area contributed by atoms with Gasteiger partial charge < -0.3 is 16.4 Å². The zero-order valence-electron chi connectivity index (χ0n) is 25.1. The number of anilines is 1. The number of rotatable bonds is 10. The maximum atomic E-state index is 15.3. The van der Waals surface area contributed by atoms with Crippen LogP contribution < -0.4 is 16.4 Å². The van der Waals surface area contributed by atoms with Gasteiger partial charge in [0.1, 0.15) is 28.2 Å². The highest BCUT2D eigenvalue weighted by molar-refractivity contribution is 7.89. The van der Waals surface area contributed by atoms with Gasteiger partial charge >= 0.3 is 0 Å². The van der Waals surface area contributed by atoms with E-state index in [1.807, 2.05) is 0 Å². The molecule has 4 atom stereocenters. The zero-order chi connectivity index (χ0) is 33.9. The van der Waals surface area contributed by atoms with Crippen molar-refractivity contribution in [2.24, 2.45) is 5.73 Å². The van der Waals surface area contributed by atoms with Crippen molar-refractivity contribution in [3.05, 3.63) is 124 Å². The Bertz CT molecular complexity index is 1850. The third kappa shape index (κ3) is 7.65. The van der Waals surface area contributed by atoms with Gasteiger partial charge in [0.15, 0.2) is 0 Å². The molecule has 3 aromatic carbocycles. The van der Waals surface area contributed by atoms with Crippen LogP contribution >= 0.6 is 11.6 Å². The first kappa shape index (κ1) is 34.5. The zero-order valence-corrected chi connectivity index (χ0v) is 26.7. The van der Waals surface area contributed by atoms with Crippen molar-refractivity contribution in [2.45, 2.75) is 48.7 Å². The lowest BCUT2D eigenvalue weighted by atomic mass is 9.84. The number of amides is 1. The number of nitrogens with one attached hydrogen (secondary N) is 2. The summed E-state index contributed by atoms with van der Waals surface area (Å²) in [5.74, 6) is -5.03. The highest BCUT2D eigenvalue weighted by atomic mass is 35.5. The van der Waals surface area contributed by atoms with Crippen molar-refractivity contribution in [1.29, 1.82) is 0 Å². The van der Waals surface area contributed by atoms with E-state index >= 15 is 4.39 Å². The summed E-state index contributed by atoms with van der Waals surface area (Å²) < 4.78 is 86.3. The van der Waals surface area contributed by atoms with E-state index < -0.39 is 63.2 Å². The van der Waals surface area contributed by atoms with Crippen LogP contribution in [0.3, 0.4) is 0 Å². The molecule has 0 aliphatic carbocycles. The van der Waals surface area contributed by atoms with E-state index in [-0.39, 0.29) is 46.1 Å². The van der Waals surface area contributed by atoms with E-state index in [0.717, 1.165) is 30.5 Å². The van der Waals surface area contributed by atoms with Gasteiger partial charge in [0.25, 0.3) is 0 Å². The standard InChI is InChI=1S/C33H32ClF4N5O3S/c1-19-15-40-16-25(43(19)47(45,46)30-5-3-2-4-27(30)34)10-11-26-28(38)17-41-18-29(26)42-33(44)32(39)31(20-6-8-22(35)9-7-20)21-12-23(36)14-24(37)13-21/h2-9,12-14,17-19,25,31-32,40H,10-11,15-16,39H2,1H3,(H,42,44). The highest BCUT2D eigenvalue weighted by Gasteiger charge is 2.39. The molecule has 1 aromatic heterocycles. The number of piperazine rings is 1. The molecule has 2 heterocycles. The quantitative estimate of drug-likeness (QED) is 0.193. The molecule has 1 aliphatic heterocycles. The largest absolute Gasteiger partial charge is 0.323 e. The SMILES string of the molecule is CC1CNCC(CCc2c(F)cncc2NC(=O)C(N)C(c2ccc(F)cc2)c2cc(F)cc(F)c2)N1S(=O)(=O)c1ccccc1Cl. The van der Waals surface area contributed by atoms with E-state index in [2.05, 4.69) is 15.6 Å². The Morgan fingerprint density at radius 3 is 2.36 bits per heavy atom. The molecule has 0 bridgehead atoms. The molecule has 1 fully saturated rings. The lowest BCUT2D eigenvalue weighted by Gasteiger charge is -2.40. The number of sulfonamides is 1. The van der Waals surface area contributed by atoms with Crippen LogP contribution in [0.5, 0.6) is 0 Å². The molecule has 8 nitrogen and oxygen atoms in total. The molecule has 1 saturated heterocycles. The Kier molecular flexibility index (Phi) is 10.6. The second kappa shape index (κ2) is 14.5. The summed E-state index contributed by atoms with van der Waals surface area (Å²) in [5, 5.41) is 5.88. The normalized spacial score (nSPS) is 18.4. The summed E-state index contributed by atoms with van der Waals surface area (Å²) in [4.78, 5) is 17.4. The van der Waals surface area contributed by atoms with Gasteiger partial charge in [-0.1, -0.05) is 35.9 Å². The number of carbonyl (C=O) groups is 1. The van der Waals surface area contributed by atoms with Crippen LogP contribution in [0.2, 0.25) is 5.02 Å². The molecule has 0 saturated carbocycles. The van der Waals surface area contributed by atoms with Crippen molar-refractivity contribution < 1.29 is 30.8 Å². The summed E-state index contributed by atoms with van der Waals surface area (Å²) in [5.41, 5.74) is 6.78. The topological polar surface area (TPSA) is 117 Å². The average Bonchev–Trinajstić information content (AvgIpc) is 3.01. The number of halogens is 5. The number of nitrogens with zero attached hydrogens (tertiary/aromatic N) is 2.